The molecule has 8 heteroatoms. The highest BCUT2D eigenvalue weighted by atomic mass is 127. The molecule has 0 aliphatic carbocycles. The molecule has 2 aliphatic rings. The number of carbonyl (C=O) groups excluding carboxylic acids is 3. The molecule has 0 atom stereocenters. The van der Waals surface area contributed by atoms with Crippen LogP contribution in [0.15, 0.2) is 53.6 Å². The number of benzene rings is 2. The number of halogens is 1. The summed E-state index contributed by atoms with van der Waals surface area (Å²) in [6.07, 6.45) is 1.26. The van der Waals surface area contributed by atoms with Crippen LogP contribution in [0.1, 0.15) is 28.8 Å². The molecule has 0 aromatic heterocycles. The molecule has 2 aromatic carbocycles. The number of amides is 3. The minimum absolute atomic E-state index is 0.0741. The summed E-state index contributed by atoms with van der Waals surface area (Å²) in [6.45, 7) is 1.42. The molecule has 0 saturated carbocycles. The Morgan fingerprint density at radius 1 is 1.07 bits per heavy atom. The van der Waals surface area contributed by atoms with Crippen molar-refractivity contribution in [2.45, 2.75) is 12.8 Å². The van der Waals surface area contributed by atoms with Gasteiger partial charge in [-0.15, -0.1) is 0 Å². The van der Waals surface area contributed by atoms with Gasteiger partial charge in [-0.1, -0.05) is 18.2 Å². The van der Waals surface area contributed by atoms with Crippen molar-refractivity contribution in [1.82, 2.24) is 10.3 Å². The van der Waals surface area contributed by atoms with Gasteiger partial charge in [0.25, 0.3) is 17.7 Å². The SMILES string of the molecule is O=C1Nc2ccc(I)cc2C1=NN(C(=O)c1ccccc1)C(=O)C1CCNCC1. The van der Waals surface area contributed by atoms with Crippen molar-refractivity contribution >= 4 is 51.7 Å². The second-order valence-corrected chi connectivity index (χ2v) is 8.18. The fraction of sp³-hybridized carbons (Fsp3) is 0.238. The van der Waals surface area contributed by atoms with Crippen LogP contribution in [0.3, 0.4) is 0 Å². The number of fused-ring (bicyclic) bond motifs is 1. The third kappa shape index (κ3) is 4.08. The quantitative estimate of drug-likeness (QED) is 0.384. The number of nitrogens with zero attached hydrogens (tertiary/aromatic N) is 2. The maximum Gasteiger partial charge on any atom is 0.281 e. The van der Waals surface area contributed by atoms with E-state index in [4.69, 9.17) is 0 Å². The molecule has 2 aliphatic heterocycles. The van der Waals surface area contributed by atoms with Gasteiger partial charge in [-0.25, -0.2) is 0 Å². The maximum absolute atomic E-state index is 13.2. The highest BCUT2D eigenvalue weighted by Crippen LogP contribution is 2.27. The number of piperidine rings is 1. The monoisotopic (exact) mass is 502 g/mol. The molecule has 2 N–H and O–H groups in total. The van der Waals surface area contributed by atoms with Crippen molar-refractivity contribution in [2.24, 2.45) is 11.0 Å². The number of carbonyl (C=O) groups is 3. The lowest BCUT2D eigenvalue weighted by molar-refractivity contribution is -0.133. The number of hydrogen-bond acceptors (Lipinski definition) is 5. The molecule has 2 heterocycles. The number of hydrogen-bond donors (Lipinski definition) is 2. The van der Waals surface area contributed by atoms with Crippen molar-refractivity contribution < 1.29 is 14.4 Å². The molecule has 0 bridgehead atoms. The molecule has 1 fully saturated rings. The Bertz CT molecular complexity index is 1000. The second-order valence-electron chi connectivity index (χ2n) is 6.94. The van der Waals surface area contributed by atoms with E-state index >= 15 is 0 Å². The summed E-state index contributed by atoms with van der Waals surface area (Å²) < 4.78 is 0.927. The van der Waals surface area contributed by atoms with E-state index in [2.05, 4.69) is 38.3 Å². The predicted octanol–water partition coefficient (Wildman–Crippen LogP) is 2.62. The lowest BCUT2D eigenvalue weighted by Gasteiger charge is -2.25. The van der Waals surface area contributed by atoms with Gasteiger partial charge in [0.15, 0.2) is 5.71 Å². The molecule has 148 valence electrons. The zero-order valence-electron chi connectivity index (χ0n) is 15.5. The fourth-order valence-electron chi connectivity index (χ4n) is 3.46. The number of anilines is 1. The van der Waals surface area contributed by atoms with E-state index in [1.807, 2.05) is 12.1 Å². The van der Waals surface area contributed by atoms with Crippen molar-refractivity contribution in [3.8, 4) is 0 Å². The summed E-state index contributed by atoms with van der Waals surface area (Å²) in [5, 5.41) is 11.1. The Kier molecular flexibility index (Phi) is 5.72. The van der Waals surface area contributed by atoms with Gasteiger partial charge in [0.1, 0.15) is 0 Å². The molecular formula is C21H19IN4O3. The molecule has 1 saturated heterocycles. The summed E-state index contributed by atoms with van der Waals surface area (Å²) in [6, 6.07) is 14.0. The first-order chi connectivity index (χ1) is 14.0. The Balaban J connectivity index is 1.75. The fourth-order valence-corrected chi connectivity index (χ4v) is 3.96. The van der Waals surface area contributed by atoms with Gasteiger partial charge in [0.2, 0.25) is 0 Å². The first-order valence-electron chi connectivity index (χ1n) is 9.38. The molecular weight excluding hydrogens is 483 g/mol. The van der Waals surface area contributed by atoms with Crippen LogP contribution < -0.4 is 10.6 Å². The van der Waals surface area contributed by atoms with Gasteiger partial charge < -0.3 is 10.6 Å². The van der Waals surface area contributed by atoms with E-state index in [-0.39, 0.29) is 17.5 Å². The van der Waals surface area contributed by atoms with E-state index < -0.39 is 11.8 Å². The highest BCUT2D eigenvalue weighted by molar-refractivity contribution is 14.1. The van der Waals surface area contributed by atoms with E-state index in [9.17, 15) is 14.4 Å². The van der Waals surface area contributed by atoms with Crippen molar-refractivity contribution in [2.75, 3.05) is 18.4 Å². The Hall–Kier alpha value is -2.59. The van der Waals surface area contributed by atoms with Crippen LogP contribution in [0.25, 0.3) is 0 Å². The van der Waals surface area contributed by atoms with E-state index in [1.54, 1.807) is 36.4 Å². The van der Waals surface area contributed by atoms with Gasteiger partial charge >= 0.3 is 0 Å². The molecule has 4 rings (SSSR count). The number of rotatable bonds is 3. The van der Waals surface area contributed by atoms with Crippen LogP contribution in [0.4, 0.5) is 5.69 Å². The standard InChI is InChI=1S/C21H19IN4O3/c22-15-6-7-17-16(12-15)18(19(27)24-17)25-26(20(28)13-4-2-1-3-5-13)21(29)14-8-10-23-11-9-14/h1-7,12,14,23H,8-11H2,(H,24,25,27). The zero-order chi connectivity index (χ0) is 20.4. The smallest absolute Gasteiger partial charge is 0.281 e. The average Bonchev–Trinajstić information content (AvgIpc) is 3.06. The Morgan fingerprint density at radius 3 is 2.52 bits per heavy atom. The lowest BCUT2D eigenvalue weighted by atomic mass is 9.97. The molecule has 0 spiro atoms. The first kappa shape index (κ1) is 19.7. The van der Waals surface area contributed by atoms with E-state index in [0.717, 1.165) is 8.58 Å². The summed E-state index contributed by atoms with van der Waals surface area (Å²) in [5.74, 6) is -1.65. The predicted molar refractivity (Wildman–Crippen MR) is 118 cm³/mol. The molecule has 0 unspecified atom stereocenters. The summed E-state index contributed by atoms with van der Waals surface area (Å²) >= 11 is 2.15. The zero-order valence-corrected chi connectivity index (χ0v) is 17.7. The van der Waals surface area contributed by atoms with Crippen LogP contribution in [-0.4, -0.2) is 41.5 Å². The van der Waals surface area contributed by atoms with Gasteiger partial charge in [0.05, 0.1) is 5.69 Å². The highest BCUT2D eigenvalue weighted by Gasteiger charge is 2.34. The van der Waals surface area contributed by atoms with Crippen LogP contribution in [0.2, 0.25) is 0 Å². The normalized spacial score (nSPS) is 17.7. The van der Waals surface area contributed by atoms with Crippen LogP contribution in [-0.2, 0) is 9.59 Å². The molecule has 29 heavy (non-hydrogen) atoms. The summed E-state index contributed by atoms with van der Waals surface area (Å²) in [5.41, 5.74) is 1.63. The molecule has 7 nitrogen and oxygen atoms in total. The van der Waals surface area contributed by atoms with E-state index in [1.165, 1.54) is 0 Å². The van der Waals surface area contributed by atoms with Crippen molar-refractivity contribution in [1.29, 1.82) is 0 Å². The van der Waals surface area contributed by atoms with Gasteiger partial charge in [-0.05, 0) is 78.9 Å². The third-order valence-corrected chi connectivity index (χ3v) is 5.68. The summed E-state index contributed by atoms with van der Waals surface area (Å²) in [4.78, 5) is 38.9. The number of nitrogens with one attached hydrogen (secondary N) is 2. The van der Waals surface area contributed by atoms with Crippen molar-refractivity contribution in [3.63, 3.8) is 0 Å². The van der Waals surface area contributed by atoms with Crippen LogP contribution in [0, 0.1) is 9.49 Å². The first-order valence-corrected chi connectivity index (χ1v) is 10.5. The van der Waals surface area contributed by atoms with E-state index in [0.29, 0.717) is 42.7 Å². The minimum Gasteiger partial charge on any atom is -0.320 e. The van der Waals surface area contributed by atoms with Gasteiger partial charge in [-0.3, -0.25) is 14.4 Å². The van der Waals surface area contributed by atoms with Crippen molar-refractivity contribution in [3.05, 3.63) is 63.2 Å². The van der Waals surface area contributed by atoms with Gasteiger partial charge in [0, 0.05) is 20.6 Å². The maximum atomic E-state index is 13.2. The molecule has 0 radical (unpaired) electrons. The molecule has 2 aromatic rings. The Morgan fingerprint density at radius 2 is 1.79 bits per heavy atom. The lowest BCUT2D eigenvalue weighted by Crippen LogP contribution is -2.42. The Labute approximate surface area is 181 Å². The van der Waals surface area contributed by atoms with Gasteiger partial charge in [-0.2, -0.15) is 10.1 Å². The number of imide groups is 1. The van der Waals surface area contributed by atoms with Crippen LogP contribution >= 0.6 is 22.6 Å². The molecule has 3 amide bonds. The second kappa shape index (κ2) is 8.42. The average molecular weight is 502 g/mol. The summed E-state index contributed by atoms with van der Waals surface area (Å²) in [7, 11) is 0. The third-order valence-electron chi connectivity index (χ3n) is 5.01. The largest absolute Gasteiger partial charge is 0.320 e. The topological polar surface area (TPSA) is 90.9 Å². The minimum atomic E-state index is -0.534. The van der Waals surface area contributed by atoms with Crippen LogP contribution in [0.5, 0.6) is 0 Å². The number of hydrazone groups is 1.